The quantitative estimate of drug-likeness (QED) is 0.757. The van der Waals surface area contributed by atoms with Crippen molar-refractivity contribution in [2.45, 2.75) is 45.5 Å². The second-order valence-corrected chi connectivity index (χ2v) is 8.17. The molecule has 7 nitrogen and oxygen atoms in total. The van der Waals surface area contributed by atoms with Crippen molar-refractivity contribution >= 4 is 19.3 Å². The monoisotopic (exact) mass is 397 g/mol. The second kappa shape index (κ2) is 8.43. The molecule has 2 heterocycles. The van der Waals surface area contributed by atoms with Gasteiger partial charge in [0.15, 0.2) is 0 Å². The number of hydrogen-bond donors (Lipinski definition) is 1. The van der Waals surface area contributed by atoms with E-state index in [1.54, 1.807) is 10.9 Å². The van der Waals surface area contributed by atoms with Crippen molar-refractivity contribution in [2.75, 3.05) is 6.54 Å². The molecule has 1 amide bonds. The lowest BCUT2D eigenvalue weighted by atomic mass is 9.77. The summed E-state index contributed by atoms with van der Waals surface area (Å²) >= 11 is 0. The van der Waals surface area contributed by atoms with E-state index in [0.29, 0.717) is 0 Å². The number of ether oxygens (including phenoxy) is 1. The lowest BCUT2D eigenvalue weighted by molar-refractivity contribution is 0.00578. The molecular formula is C21H28BN3O4. The molecule has 1 aromatic carbocycles. The number of carbonyl (C=O) groups is 1. The first-order valence-corrected chi connectivity index (χ1v) is 9.65. The number of aromatic nitrogens is 2. The van der Waals surface area contributed by atoms with Crippen molar-refractivity contribution in [3.63, 3.8) is 0 Å². The molecule has 3 rings (SSSR count). The third-order valence-electron chi connectivity index (χ3n) is 5.28. The van der Waals surface area contributed by atoms with Crippen LogP contribution in [-0.4, -0.2) is 40.7 Å². The SMILES string of the molecule is Cn1cc(C=C(CNC(=O)OCc2ccccc2)B2OC(C)(C)C(C)(C)O2)cn1. The largest absolute Gasteiger partial charge is 0.492 e. The maximum atomic E-state index is 12.2. The fourth-order valence-electron chi connectivity index (χ4n) is 2.87. The molecule has 1 aliphatic rings. The zero-order chi connectivity index (χ0) is 21.1. The summed E-state index contributed by atoms with van der Waals surface area (Å²) < 4.78 is 19.3. The van der Waals surface area contributed by atoms with Crippen LogP contribution in [0.1, 0.15) is 38.8 Å². The Morgan fingerprint density at radius 1 is 1.21 bits per heavy atom. The summed E-state index contributed by atoms with van der Waals surface area (Å²) in [5, 5.41) is 6.99. The minimum atomic E-state index is -0.574. The van der Waals surface area contributed by atoms with Gasteiger partial charge in [-0.25, -0.2) is 4.79 Å². The molecule has 0 saturated carbocycles. The van der Waals surface area contributed by atoms with Gasteiger partial charge in [0, 0.05) is 25.4 Å². The van der Waals surface area contributed by atoms with E-state index in [9.17, 15) is 4.79 Å². The first-order chi connectivity index (χ1) is 13.7. The molecule has 0 aliphatic carbocycles. The number of nitrogens with zero attached hydrogens (tertiary/aromatic N) is 2. The van der Waals surface area contributed by atoms with Gasteiger partial charge in [0.1, 0.15) is 6.61 Å². The van der Waals surface area contributed by atoms with Gasteiger partial charge in [-0.3, -0.25) is 4.68 Å². The van der Waals surface area contributed by atoms with Gasteiger partial charge in [0.25, 0.3) is 0 Å². The highest BCUT2D eigenvalue weighted by atomic mass is 16.7. The highest BCUT2D eigenvalue weighted by Gasteiger charge is 2.52. The van der Waals surface area contributed by atoms with Crippen LogP contribution in [-0.2, 0) is 27.7 Å². The average molecular weight is 397 g/mol. The van der Waals surface area contributed by atoms with E-state index in [1.165, 1.54) is 0 Å². The van der Waals surface area contributed by atoms with E-state index in [2.05, 4.69) is 10.4 Å². The van der Waals surface area contributed by atoms with Gasteiger partial charge in [-0.15, -0.1) is 0 Å². The molecule has 0 atom stereocenters. The molecule has 1 N–H and O–H groups in total. The summed E-state index contributed by atoms with van der Waals surface area (Å²) in [4.78, 5) is 12.2. The Balaban J connectivity index is 1.67. The molecule has 1 fully saturated rings. The van der Waals surface area contributed by atoms with Gasteiger partial charge < -0.3 is 19.4 Å². The van der Waals surface area contributed by atoms with Gasteiger partial charge in [0.2, 0.25) is 0 Å². The number of nitrogens with one attached hydrogen (secondary N) is 1. The van der Waals surface area contributed by atoms with Crippen LogP contribution in [0.2, 0.25) is 0 Å². The van der Waals surface area contributed by atoms with Crippen LogP contribution < -0.4 is 5.32 Å². The summed E-state index contributed by atoms with van der Waals surface area (Å²) in [6.45, 7) is 8.43. The van der Waals surface area contributed by atoms with Gasteiger partial charge in [-0.05, 0) is 38.7 Å². The van der Waals surface area contributed by atoms with Crippen LogP contribution in [0.3, 0.4) is 0 Å². The topological polar surface area (TPSA) is 74.6 Å². The second-order valence-electron chi connectivity index (χ2n) is 8.17. The van der Waals surface area contributed by atoms with Crippen LogP contribution in [0.25, 0.3) is 6.08 Å². The van der Waals surface area contributed by atoms with Gasteiger partial charge in [0.05, 0.1) is 17.4 Å². The number of rotatable bonds is 6. The van der Waals surface area contributed by atoms with E-state index in [-0.39, 0.29) is 13.2 Å². The summed E-state index contributed by atoms with van der Waals surface area (Å²) in [6.07, 6.45) is 5.06. The normalized spacial score (nSPS) is 18.0. The zero-order valence-electron chi connectivity index (χ0n) is 17.6. The van der Waals surface area contributed by atoms with E-state index in [4.69, 9.17) is 14.0 Å². The van der Waals surface area contributed by atoms with Crippen molar-refractivity contribution in [2.24, 2.45) is 7.05 Å². The van der Waals surface area contributed by atoms with Crippen molar-refractivity contribution < 1.29 is 18.8 Å². The third kappa shape index (κ3) is 5.28. The first-order valence-electron chi connectivity index (χ1n) is 9.65. The Hall–Kier alpha value is -2.58. The number of amides is 1. The number of benzene rings is 1. The Labute approximate surface area is 172 Å². The molecule has 0 unspecified atom stereocenters. The molecule has 2 aromatic rings. The molecule has 29 heavy (non-hydrogen) atoms. The van der Waals surface area contributed by atoms with E-state index in [0.717, 1.165) is 16.6 Å². The lowest BCUT2D eigenvalue weighted by Gasteiger charge is -2.32. The fourth-order valence-corrected chi connectivity index (χ4v) is 2.87. The molecule has 0 spiro atoms. The first kappa shape index (κ1) is 21.1. The Morgan fingerprint density at radius 2 is 1.86 bits per heavy atom. The van der Waals surface area contributed by atoms with Crippen LogP contribution in [0.4, 0.5) is 4.79 Å². The van der Waals surface area contributed by atoms with Crippen LogP contribution >= 0.6 is 0 Å². The van der Waals surface area contributed by atoms with Crippen LogP contribution in [0, 0.1) is 0 Å². The molecular weight excluding hydrogens is 369 g/mol. The highest BCUT2D eigenvalue weighted by molar-refractivity contribution is 6.56. The van der Waals surface area contributed by atoms with Crippen molar-refractivity contribution in [3.8, 4) is 0 Å². The predicted octanol–water partition coefficient (Wildman–Crippen LogP) is 3.36. The number of alkyl carbamates (subject to hydrolysis) is 1. The predicted molar refractivity (Wildman–Crippen MR) is 112 cm³/mol. The summed E-state index contributed by atoms with van der Waals surface area (Å²) in [7, 11) is 1.28. The molecule has 8 heteroatoms. The average Bonchev–Trinajstić information content (AvgIpc) is 3.17. The maximum absolute atomic E-state index is 12.2. The minimum absolute atomic E-state index is 0.213. The standard InChI is InChI=1S/C21H28BN3O4/c1-20(2)21(3,4)29-22(28-20)18(11-17-12-24-25(5)14-17)13-23-19(26)27-15-16-9-7-6-8-10-16/h6-12,14H,13,15H2,1-5H3,(H,23,26). The highest BCUT2D eigenvalue weighted by Crippen LogP contribution is 2.38. The third-order valence-corrected chi connectivity index (χ3v) is 5.28. The maximum Gasteiger partial charge on any atom is 0.492 e. The molecule has 154 valence electrons. The van der Waals surface area contributed by atoms with Gasteiger partial charge in [-0.1, -0.05) is 36.4 Å². The van der Waals surface area contributed by atoms with Crippen molar-refractivity contribution in [1.29, 1.82) is 0 Å². The summed E-state index contributed by atoms with van der Waals surface area (Å²) in [5.41, 5.74) is 1.67. The molecule has 1 aliphatic heterocycles. The Kier molecular flexibility index (Phi) is 6.14. The molecule has 0 bridgehead atoms. The Morgan fingerprint density at radius 3 is 2.45 bits per heavy atom. The van der Waals surface area contributed by atoms with Crippen molar-refractivity contribution in [1.82, 2.24) is 15.1 Å². The minimum Gasteiger partial charge on any atom is -0.445 e. The van der Waals surface area contributed by atoms with Crippen LogP contribution in [0.5, 0.6) is 0 Å². The summed E-state index contributed by atoms with van der Waals surface area (Å²) in [5.74, 6) is 0. The number of carbonyl (C=O) groups excluding carboxylic acids is 1. The zero-order valence-corrected chi connectivity index (χ0v) is 17.6. The van der Waals surface area contributed by atoms with E-state index >= 15 is 0 Å². The number of aryl methyl sites for hydroxylation is 1. The smallest absolute Gasteiger partial charge is 0.445 e. The fraction of sp³-hybridized carbons (Fsp3) is 0.429. The molecule has 1 saturated heterocycles. The van der Waals surface area contributed by atoms with Gasteiger partial charge in [-0.2, -0.15) is 5.10 Å². The molecule has 1 aromatic heterocycles. The lowest BCUT2D eigenvalue weighted by Crippen LogP contribution is -2.41. The molecule has 0 radical (unpaired) electrons. The van der Waals surface area contributed by atoms with Crippen molar-refractivity contribution in [3.05, 3.63) is 59.3 Å². The Bertz CT molecular complexity index is 861. The van der Waals surface area contributed by atoms with E-state index in [1.807, 2.05) is 77.3 Å². The number of hydrogen-bond acceptors (Lipinski definition) is 5. The summed E-state index contributed by atoms with van der Waals surface area (Å²) in [6, 6.07) is 9.55. The van der Waals surface area contributed by atoms with E-state index < -0.39 is 24.4 Å². The van der Waals surface area contributed by atoms with Gasteiger partial charge >= 0.3 is 13.2 Å². The van der Waals surface area contributed by atoms with Crippen LogP contribution in [0.15, 0.2) is 48.2 Å².